The van der Waals surface area contributed by atoms with Crippen molar-refractivity contribution in [2.75, 3.05) is 13.2 Å². The smallest absolute Gasteiger partial charge is 0.306 e. The van der Waals surface area contributed by atoms with Crippen LogP contribution in [0.25, 0.3) is 0 Å². The Morgan fingerprint density at radius 3 is 0.765 bits per heavy atom. The first-order chi connectivity index (χ1) is 40.0. The van der Waals surface area contributed by atoms with Crippen molar-refractivity contribution < 1.29 is 28.6 Å². The van der Waals surface area contributed by atoms with E-state index in [4.69, 9.17) is 14.2 Å². The van der Waals surface area contributed by atoms with E-state index in [0.29, 0.717) is 19.3 Å². The molecule has 0 amide bonds. The molecular weight excluding hydrogens is 997 g/mol. The summed E-state index contributed by atoms with van der Waals surface area (Å²) in [7, 11) is 0. The minimum atomic E-state index is -0.789. The zero-order valence-electron chi connectivity index (χ0n) is 53.3. The average Bonchev–Trinajstić information content (AvgIpc) is 3.47. The average molecular weight is 1130 g/mol. The van der Waals surface area contributed by atoms with Gasteiger partial charge in [0.25, 0.3) is 0 Å². The Morgan fingerprint density at radius 1 is 0.259 bits per heavy atom. The fraction of sp³-hybridized carbons (Fsp3) is 0.720. The predicted octanol–water partition coefficient (Wildman–Crippen LogP) is 23.8. The third-order valence-corrected chi connectivity index (χ3v) is 14.8. The van der Waals surface area contributed by atoms with Gasteiger partial charge in [-0.1, -0.05) is 310 Å². The van der Waals surface area contributed by atoms with E-state index in [1.54, 1.807) is 0 Å². The Bertz CT molecular complexity index is 1620. The lowest BCUT2D eigenvalue weighted by molar-refractivity contribution is -0.167. The first-order valence-corrected chi connectivity index (χ1v) is 34.4. The number of carbonyl (C=O) groups excluding carboxylic acids is 3. The number of rotatable bonds is 62. The zero-order chi connectivity index (χ0) is 58.5. The molecule has 81 heavy (non-hydrogen) atoms. The highest BCUT2D eigenvalue weighted by Gasteiger charge is 2.19. The Labute approximate surface area is 501 Å². The summed E-state index contributed by atoms with van der Waals surface area (Å²) in [6, 6.07) is 0. The topological polar surface area (TPSA) is 78.9 Å². The van der Waals surface area contributed by atoms with E-state index in [1.165, 1.54) is 154 Å². The second-order valence-electron chi connectivity index (χ2n) is 22.7. The van der Waals surface area contributed by atoms with E-state index < -0.39 is 6.10 Å². The van der Waals surface area contributed by atoms with Crippen LogP contribution in [0.3, 0.4) is 0 Å². The highest BCUT2D eigenvalue weighted by atomic mass is 16.6. The summed E-state index contributed by atoms with van der Waals surface area (Å²) >= 11 is 0. The Kier molecular flexibility index (Phi) is 65.2. The van der Waals surface area contributed by atoms with Crippen LogP contribution in [-0.2, 0) is 28.6 Å². The molecule has 0 aliphatic rings. The lowest BCUT2D eigenvalue weighted by Crippen LogP contribution is -2.30. The molecule has 6 nitrogen and oxygen atoms in total. The Hall–Kier alpha value is -3.93. The summed E-state index contributed by atoms with van der Waals surface area (Å²) in [5.41, 5.74) is 0. The maximum Gasteiger partial charge on any atom is 0.306 e. The summed E-state index contributed by atoms with van der Waals surface area (Å²) in [6.45, 7) is 6.53. The van der Waals surface area contributed by atoms with E-state index in [-0.39, 0.29) is 31.1 Å². The summed E-state index contributed by atoms with van der Waals surface area (Å²) in [5.74, 6) is -0.890. The first kappa shape index (κ1) is 77.1. The van der Waals surface area contributed by atoms with Crippen molar-refractivity contribution in [2.24, 2.45) is 0 Å². The number of esters is 3. The SMILES string of the molecule is CC/C=C\C/C=C\C/C=C\C/C=C\C/C=C\C/C=C\C/C=C\CCCCCCCCCCCC(=O)OCC(COC(=O)CCCCCCCCCCCCCCCCCC)OC(=O)CCCCCCC/C=C\C/C=C\CCCCCC. The van der Waals surface area contributed by atoms with E-state index >= 15 is 0 Å². The van der Waals surface area contributed by atoms with E-state index in [0.717, 1.165) is 135 Å². The Balaban J connectivity index is 4.31. The van der Waals surface area contributed by atoms with Crippen molar-refractivity contribution in [3.05, 3.63) is 109 Å². The van der Waals surface area contributed by atoms with Crippen LogP contribution in [-0.4, -0.2) is 37.2 Å². The molecule has 1 atom stereocenters. The van der Waals surface area contributed by atoms with Gasteiger partial charge in [-0.3, -0.25) is 14.4 Å². The molecule has 0 rings (SSSR count). The van der Waals surface area contributed by atoms with Crippen molar-refractivity contribution in [2.45, 2.75) is 335 Å². The van der Waals surface area contributed by atoms with Gasteiger partial charge in [-0.15, -0.1) is 0 Å². The molecule has 6 heteroatoms. The minimum Gasteiger partial charge on any atom is -0.462 e. The van der Waals surface area contributed by atoms with Gasteiger partial charge < -0.3 is 14.2 Å². The minimum absolute atomic E-state index is 0.0826. The molecule has 0 spiro atoms. The molecule has 1 unspecified atom stereocenters. The van der Waals surface area contributed by atoms with Gasteiger partial charge in [-0.05, 0) is 109 Å². The summed E-state index contributed by atoms with van der Waals surface area (Å²) < 4.78 is 17.0. The Morgan fingerprint density at radius 2 is 0.481 bits per heavy atom. The second kappa shape index (κ2) is 68.6. The molecule has 0 fully saturated rings. The van der Waals surface area contributed by atoms with E-state index in [1.807, 2.05) is 0 Å². The molecule has 0 aliphatic carbocycles. The first-order valence-electron chi connectivity index (χ1n) is 34.4. The maximum atomic E-state index is 12.9. The van der Waals surface area contributed by atoms with Crippen LogP contribution >= 0.6 is 0 Å². The van der Waals surface area contributed by atoms with Gasteiger partial charge in [-0.2, -0.15) is 0 Å². The van der Waals surface area contributed by atoms with Crippen LogP contribution in [0, 0.1) is 0 Å². The third kappa shape index (κ3) is 66.8. The highest BCUT2D eigenvalue weighted by Crippen LogP contribution is 2.17. The normalized spacial score (nSPS) is 12.8. The van der Waals surface area contributed by atoms with E-state index in [9.17, 15) is 14.4 Å². The molecular formula is C75H128O6. The molecule has 0 aromatic rings. The summed E-state index contributed by atoms with van der Waals surface area (Å²) in [5, 5.41) is 0. The molecule has 0 saturated carbocycles. The molecule has 0 aromatic heterocycles. The molecule has 0 heterocycles. The van der Waals surface area contributed by atoms with Crippen molar-refractivity contribution in [3.63, 3.8) is 0 Å². The largest absolute Gasteiger partial charge is 0.462 e. The van der Waals surface area contributed by atoms with Crippen LogP contribution in [0.5, 0.6) is 0 Å². The lowest BCUT2D eigenvalue weighted by atomic mass is 10.0. The summed E-state index contributed by atoms with van der Waals surface area (Å²) in [6.07, 6.45) is 93.8. The van der Waals surface area contributed by atoms with Gasteiger partial charge in [0.1, 0.15) is 13.2 Å². The molecule has 0 bridgehead atoms. The molecule has 0 aromatic carbocycles. The number of unbranched alkanes of at least 4 members (excludes halogenated alkanes) is 33. The van der Waals surface area contributed by atoms with Gasteiger partial charge in [0, 0.05) is 19.3 Å². The fourth-order valence-corrected chi connectivity index (χ4v) is 9.63. The standard InChI is InChI=1S/C75H128O6/c1-4-7-10-13-16-19-22-25-28-31-32-33-34-35-36-37-38-39-40-41-42-43-44-45-48-50-53-56-59-62-65-68-74(77)80-71-72(81-75(78)69-66-63-60-57-54-51-47-30-27-24-21-18-15-12-9-6-3)70-79-73(76)67-64-61-58-55-52-49-46-29-26-23-20-17-14-11-8-5-2/h7,10,16,19,21,24-25,28,30,32-33,35-36,38-39,41-42,47,72H,4-6,8-9,11-15,17-18,20,22-23,26-27,29,31,34,37,40,43-46,48-71H2,1-3H3/b10-7-,19-16-,24-21-,28-25-,33-32-,36-35-,39-38-,42-41-,47-30-. The number of hydrogen-bond acceptors (Lipinski definition) is 6. The molecule has 0 N–H and O–H groups in total. The highest BCUT2D eigenvalue weighted by molar-refractivity contribution is 5.71. The fourth-order valence-electron chi connectivity index (χ4n) is 9.63. The molecule has 0 radical (unpaired) electrons. The number of carbonyl (C=O) groups is 3. The van der Waals surface area contributed by atoms with Crippen LogP contribution < -0.4 is 0 Å². The van der Waals surface area contributed by atoms with Gasteiger partial charge in [0.05, 0.1) is 0 Å². The van der Waals surface area contributed by atoms with Gasteiger partial charge in [0.15, 0.2) is 6.10 Å². The van der Waals surface area contributed by atoms with Crippen molar-refractivity contribution in [1.29, 1.82) is 0 Å². The molecule has 464 valence electrons. The van der Waals surface area contributed by atoms with Crippen LogP contribution in [0.4, 0.5) is 0 Å². The lowest BCUT2D eigenvalue weighted by Gasteiger charge is -2.18. The van der Waals surface area contributed by atoms with Gasteiger partial charge >= 0.3 is 17.9 Å². The van der Waals surface area contributed by atoms with Crippen molar-refractivity contribution in [3.8, 4) is 0 Å². The van der Waals surface area contributed by atoms with Gasteiger partial charge in [0.2, 0.25) is 0 Å². The van der Waals surface area contributed by atoms with Crippen LogP contribution in [0.1, 0.15) is 329 Å². The predicted molar refractivity (Wildman–Crippen MR) is 353 cm³/mol. The number of hydrogen-bond donors (Lipinski definition) is 0. The zero-order valence-corrected chi connectivity index (χ0v) is 53.3. The third-order valence-electron chi connectivity index (χ3n) is 14.8. The number of allylic oxidation sites excluding steroid dienone is 18. The van der Waals surface area contributed by atoms with Gasteiger partial charge in [-0.25, -0.2) is 0 Å². The molecule has 0 saturated heterocycles. The van der Waals surface area contributed by atoms with E-state index in [2.05, 4.69) is 130 Å². The molecule has 0 aliphatic heterocycles. The van der Waals surface area contributed by atoms with Crippen LogP contribution in [0.2, 0.25) is 0 Å². The monoisotopic (exact) mass is 1120 g/mol. The number of ether oxygens (including phenoxy) is 3. The van der Waals surface area contributed by atoms with Crippen LogP contribution in [0.15, 0.2) is 109 Å². The second-order valence-corrected chi connectivity index (χ2v) is 22.7. The van der Waals surface area contributed by atoms with Crippen molar-refractivity contribution in [1.82, 2.24) is 0 Å². The summed E-state index contributed by atoms with van der Waals surface area (Å²) in [4.78, 5) is 38.4. The van der Waals surface area contributed by atoms with Crippen molar-refractivity contribution >= 4 is 17.9 Å². The quantitative estimate of drug-likeness (QED) is 0.0261. The maximum absolute atomic E-state index is 12.9.